The first-order valence-corrected chi connectivity index (χ1v) is 7.14. The van der Waals surface area contributed by atoms with Crippen LogP contribution in [0.15, 0.2) is 41.6 Å². The molecule has 0 aliphatic carbocycles. The van der Waals surface area contributed by atoms with Crippen LogP contribution in [0.25, 0.3) is 0 Å². The van der Waals surface area contributed by atoms with Crippen LogP contribution in [-0.2, 0) is 16.6 Å². The van der Waals surface area contributed by atoms with Crippen LogP contribution in [0.5, 0.6) is 0 Å². The zero-order valence-corrected chi connectivity index (χ0v) is 11.2. The molecule has 0 radical (unpaired) electrons. The molecule has 0 bridgehead atoms. The van der Waals surface area contributed by atoms with Crippen LogP contribution in [0, 0.1) is 6.92 Å². The summed E-state index contributed by atoms with van der Waals surface area (Å²) in [7, 11) is -3.64. The minimum Gasteiger partial charge on any atom is -0.350 e. The molecule has 0 amide bonds. The molecule has 6 nitrogen and oxygen atoms in total. The molecule has 0 aliphatic heterocycles. The minimum atomic E-state index is -3.64. The van der Waals surface area contributed by atoms with E-state index in [1.54, 1.807) is 24.5 Å². The molecule has 0 spiro atoms. The molecule has 2 aromatic rings. The van der Waals surface area contributed by atoms with E-state index in [0.29, 0.717) is 12.5 Å². The summed E-state index contributed by atoms with van der Waals surface area (Å²) in [6, 6.07) is 6.34. The second kappa shape index (κ2) is 5.33. The second-order valence-corrected chi connectivity index (χ2v) is 5.69. The first-order chi connectivity index (χ1) is 8.95. The summed E-state index contributed by atoms with van der Waals surface area (Å²) in [5, 5.41) is 8.07. The van der Waals surface area contributed by atoms with E-state index >= 15 is 0 Å². The molecule has 1 aromatic heterocycles. The number of benzene rings is 1. The van der Waals surface area contributed by atoms with Crippen molar-refractivity contribution in [3.63, 3.8) is 0 Å². The van der Waals surface area contributed by atoms with E-state index < -0.39 is 10.0 Å². The van der Waals surface area contributed by atoms with Gasteiger partial charge in [0.1, 0.15) is 0 Å². The van der Waals surface area contributed by atoms with Crippen molar-refractivity contribution in [1.29, 1.82) is 0 Å². The molecule has 0 saturated carbocycles. The highest BCUT2D eigenvalue weighted by molar-refractivity contribution is 7.89. The van der Waals surface area contributed by atoms with E-state index in [9.17, 15) is 8.42 Å². The molecule has 1 heterocycles. The number of aryl methyl sites for hydroxylation is 1. The third-order valence-corrected chi connectivity index (χ3v) is 3.41. The van der Waals surface area contributed by atoms with E-state index in [4.69, 9.17) is 5.14 Å². The number of primary sulfonamides is 1. The number of sulfonamides is 1. The highest BCUT2D eigenvalue weighted by Gasteiger charge is 2.06. The Bertz CT molecular complexity index is 651. The van der Waals surface area contributed by atoms with Gasteiger partial charge in [-0.15, -0.1) is 0 Å². The topological polar surface area (TPSA) is 98.0 Å². The number of hydrogen-bond acceptors (Lipinski definition) is 5. The first kappa shape index (κ1) is 13.4. The lowest BCUT2D eigenvalue weighted by molar-refractivity contribution is 0.598. The molecule has 2 rings (SSSR count). The van der Waals surface area contributed by atoms with Crippen LogP contribution in [-0.4, -0.2) is 18.4 Å². The van der Waals surface area contributed by atoms with E-state index in [1.807, 2.05) is 6.92 Å². The predicted molar refractivity (Wildman–Crippen MR) is 71.9 cm³/mol. The Morgan fingerprint density at radius 3 is 2.26 bits per heavy atom. The second-order valence-electron chi connectivity index (χ2n) is 4.13. The Hall–Kier alpha value is -1.99. The summed E-state index contributed by atoms with van der Waals surface area (Å²) in [6.07, 6.45) is 3.44. The average molecular weight is 278 g/mol. The number of nitrogens with one attached hydrogen (secondary N) is 1. The first-order valence-electron chi connectivity index (χ1n) is 5.59. The molecule has 0 saturated heterocycles. The number of hydrogen-bond donors (Lipinski definition) is 2. The monoisotopic (exact) mass is 278 g/mol. The summed E-state index contributed by atoms with van der Waals surface area (Å²) in [4.78, 5) is 8.32. The van der Waals surface area contributed by atoms with Gasteiger partial charge in [0.15, 0.2) is 0 Å². The Morgan fingerprint density at radius 1 is 1.16 bits per heavy atom. The van der Waals surface area contributed by atoms with Gasteiger partial charge in [0.2, 0.25) is 16.0 Å². The Balaban J connectivity index is 2.02. The highest BCUT2D eigenvalue weighted by atomic mass is 32.2. The zero-order chi connectivity index (χ0) is 13.9. The van der Waals surface area contributed by atoms with Gasteiger partial charge in [0.05, 0.1) is 4.90 Å². The molecular formula is C12H14N4O2S. The number of nitrogens with zero attached hydrogens (tertiary/aromatic N) is 2. The van der Waals surface area contributed by atoms with Crippen molar-refractivity contribution in [1.82, 2.24) is 9.97 Å². The standard InChI is InChI=1S/C12H14N4O2S/c1-9-6-14-12(15-7-9)16-8-10-2-4-11(5-3-10)19(13,17)18/h2-7H,8H2,1H3,(H2,13,17,18)(H,14,15,16). The van der Waals surface area contributed by atoms with Crippen molar-refractivity contribution in [3.8, 4) is 0 Å². The van der Waals surface area contributed by atoms with Crippen LogP contribution < -0.4 is 10.5 Å². The summed E-state index contributed by atoms with van der Waals surface area (Å²) in [6.45, 7) is 2.42. The summed E-state index contributed by atoms with van der Waals surface area (Å²) in [5.74, 6) is 0.529. The van der Waals surface area contributed by atoms with Crippen molar-refractivity contribution in [2.45, 2.75) is 18.4 Å². The van der Waals surface area contributed by atoms with Crippen LogP contribution in [0.2, 0.25) is 0 Å². The van der Waals surface area contributed by atoms with Crippen LogP contribution in [0.1, 0.15) is 11.1 Å². The molecule has 3 N–H and O–H groups in total. The van der Waals surface area contributed by atoms with Gasteiger partial charge in [-0.25, -0.2) is 23.5 Å². The van der Waals surface area contributed by atoms with Gasteiger partial charge in [0.25, 0.3) is 0 Å². The van der Waals surface area contributed by atoms with Crippen molar-refractivity contribution < 1.29 is 8.42 Å². The largest absolute Gasteiger partial charge is 0.350 e. The number of rotatable bonds is 4. The van der Waals surface area contributed by atoms with Gasteiger partial charge in [-0.3, -0.25) is 0 Å². The fourth-order valence-corrected chi connectivity index (χ4v) is 1.98. The smallest absolute Gasteiger partial charge is 0.238 e. The van der Waals surface area contributed by atoms with Crippen molar-refractivity contribution in [2.75, 3.05) is 5.32 Å². The molecule has 0 aliphatic rings. The number of nitrogens with two attached hydrogens (primary N) is 1. The Labute approximate surface area is 111 Å². The van der Waals surface area contributed by atoms with Crippen molar-refractivity contribution >= 4 is 16.0 Å². The van der Waals surface area contributed by atoms with Gasteiger partial charge in [-0.1, -0.05) is 12.1 Å². The van der Waals surface area contributed by atoms with E-state index in [2.05, 4.69) is 15.3 Å². The highest BCUT2D eigenvalue weighted by Crippen LogP contribution is 2.10. The van der Waals surface area contributed by atoms with Crippen molar-refractivity contribution in [3.05, 3.63) is 47.8 Å². The van der Waals surface area contributed by atoms with E-state index in [0.717, 1.165) is 11.1 Å². The zero-order valence-electron chi connectivity index (χ0n) is 10.4. The maximum absolute atomic E-state index is 11.1. The molecule has 0 unspecified atom stereocenters. The summed E-state index contributed by atoms with van der Waals surface area (Å²) < 4.78 is 22.2. The Morgan fingerprint density at radius 2 is 1.74 bits per heavy atom. The lowest BCUT2D eigenvalue weighted by atomic mass is 10.2. The Kier molecular flexibility index (Phi) is 3.77. The van der Waals surface area contributed by atoms with Gasteiger partial charge in [0, 0.05) is 18.9 Å². The fourth-order valence-electron chi connectivity index (χ4n) is 1.46. The molecule has 19 heavy (non-hydrogen) atoms. The van der Waals surface area contributed by atoms with Crippen LogP contribution in [0.4, 0.5) is 5.95 Å². The van der Waals surface area contributed by atoms with Gasteiger partial charge >= 0.3 is 0 Å². The van der Waals surface area contributed by atoms with Gasteiger partial charge < -0.3 is 5.32 Å². The normalized spacial score (nSPS) is 11.3. The lowest BCUT2D eigenvalue weighted by Gasteiger charge is -2.05. The average Bonchev–Trinajstić information content (AvgIpc) is 2.37. The molecule has 0 atom stereocenters. The van der Waals surface area contributed by atoms with E-state index in [1.165, 1.54) is 12.1 Å². The van der Waals surface area contributed by atoms with Gasteiger partial charge in [-0.05, 0) is 30.2 Å². The predicted octanol–water partition coefficient (Wildman–Crippen LogP) is 1.04. The molecule has 7 heteroatoms. The maximum Gasteiger partial charge on any atom is 0.238 e. The third-order valence-electron chi connectivity index (χ3n) is 2.48. The summed E-state index contributed by atoms with van der Waals surface area (Å²) >= 11 is 0. The maximum atomic E-state index is 11.1. The van der Waals surface area contributed by atoms with Crippen LogP contribution >= 0.6 is 0 Å². The lowest BCUT2D eigenvalue weighted by Crippen LogP contribution is -2.12. The fraction of sp³-hybridized carbons (Fsp3) is 0.167. The van der Waals surface area contributed by atoms with Crippen molar-refractivity contribution in [2.24, 2.45) is 5.14 Å². The number of anilines is 1. The minimum absolute atomic E-state index is 0.0998. The van der Waals surface area contributed by atoms with Crippen LogP contribution in [0.3, 0.4) is 0 Å². The summed E-state index contributed by atoms with van der Waals surface area (Å²) in [5.41, 5.74) is 1.90. The molecule has 0 fully saturated rings. The SMILES string of the molecule is Cc1cnc(NCc2ccc(S(N)(=O)=O)cc2)nc1. The quantitative estimate of drug-likeness (QED) is 0.871. The molecular weight excluding hydrogens is 264 g/mol. The van der Waals surface area contributed by atoms with Gasteiger partial charge in [-0.2, -0.15) is 0 Å². The number of aromatic nitrogens is 2. The molecule has 100 valence electrons. The molecule has 1 aromatic carbocycles. The van der Waals surface area contributed by atoms with E-state index in [-0.39, 0.29) is 4.90 Å². The third kappa shape index (κ3) is 3.73.